The van der Waals surface area contributed by atoms with Crippen molar-refractivity contribution in [2.45, 2.75) is 6.42 Å². The molecular weight excluding hydrogens is 358 g/mol. The molecule has 2 aliphatic heterocycles. The van der Waals surface area contributed by atoms with Gasteiger partial charge in [0.25, 0.3) is 5.91 Å². The normalized spacial score (nSPS) is 17.2. The smallest absolute Gasteiger partial charge is 0.321 e. The summed E-state index contributed by atoms with van der Waals surface area (Å²) in [6.07, 6.45) is 2.54. The van der Waals surface area contributed by atoms with Gasteiger partial charge in [-0.3, -0.25) is 14.7 Å². The largest absolute Gasteiger partial charge is 0.378 e. The van der Waals surface area contributed by atoms with Crippen LogP contribution in [0.15, 0.2) is 42.6 Å². The molecule has 3 amide bonds. The monoisotopic (exact) mass is 381 g/mol. The number of pyridine rings is 1. The topological polar surface area (TPSA) is 86.8 Å². The number of carbonyl (C=O) groups is 2. The fraction of sp³-hybridized carbons (Fsp3) is 0.350. The first-order chi connectivity index (χ1) is 13.7. The quantitative estimate of drug-likeness (QED) is 0.847. The molecule has 2 aliphatic rings. The fourth-order valence-corrected chi connectivity index (χ4v) is 3.38. The van der Waals surface area contributed by atoms with Gasteiger partial charge in [0.15, 0.2) is 0 Å². The Bertz CT molecular complexity index is 866. The van der Waals surface area contributed by atoms with Crippen LogP contribution in [0, 0.1) is 0 Å². The highest BCUT2D eigenvalue weighted by Crippen LogP contribution is 2.22. The van der Waals surface area contributed by atoms with E-state index in [2.05, 4.69) is 20.5 Å². The number of hydrogen-bond donors (Lipinski definition) is 2. The molecule has 0 unspecified atom stereocenters. The molecule has 4 rings (SSSR count). The molecule has 2 N–H and O–H groups in total. The number of amides is 3. The number of ether oxygens (including phenoxy) is 1. The van der Waals surface area contributed by atoms with Crippen molar-refractivity contribution in [3.05, 3.63) is 48.3 Å². The van der Waals surface area contributed by atoms with E-state index in [1.165, 1.54) is 0 Å². The van der Waals surface area contributed by atoms with Crippen molar-refractivity contribution in [1.29, 1.82) is 0 Å². The van der Waals surface area contributed by atoms with E-state index in [0.29, 0.717) is 37.7 Å². The second-order valence-corrected chi connectivity index (χ2v) is 6.74. The zero-order valence-electron chi connectivity index (χ0n) is 15.6. The molecule has 0 atom stereocenters. The molecule has 3 heterocycles. The molecule has 2 aromatic rings. The lowest BCUT2D eigenvalue weighted by Crippen LogP contribution is -2.46. The minimum absolute atomic E-state index is 0.116. The van der Waals surface area contributed by atoms with Crippen LogP contribution in [-0.2, 0) is 4.74 Å². The highest BCUT2D eigenvalue weighted by Gasteiger charge is 2.20. The maximum absolute atomic E-state index is 12.7. The molecule has 2 fully saturated rings. The minimum Gasteiger partial charge on any atom is -0.378 e. The summed E-state index contributed by atoms with van der Waals surface area (Å²) in [4.78, 5) is 32.8. The fourth-order valence-electron chi connectivity index (χ4n) is 3.38. The van der Waals surface area contributed by atoms with Crippen LogP contribution in [0.4, 0.5) is 21.9 Å². The number of morpholine rings is 1. The Balaban J connectivity index is 1.48. The number of urea groups is 1. The van der Waals surface area contributed by atoms with Gasteiger partial charge in [-0.1, -0.05) is 6.07 Å². The first-order valence-corrected chi connectivity index (χ1v) is 9.46. The van der Waals surface area contributed by atoms with Gasteiger partial charge >= 0.3 is 6.03 Å². The molecule has 0 bridgehead atoms. The van der Waals surface area contributed by atoms with E-state index in [1.807, 2.05) is 18.2 Å². The Labute approximate surface area is 163 Å². The van der Waals surface area contributed by atoms with Gasteiger partial charge in [0.05, 0.1) is 13.2 Å². The lowest BCUT2D eigenvalue weighted by atomic mass is 10.2. The molecule has 1 aromatic carbocycles. The summed E-state index contributed by atoms with van der Waals surface area (Å²) < 4.78 is 5.38. The molecule has 146 valence electrons. The number of benzene rings is 1. The third-order valence-corrected chi connectivity index (χ3v) is 4.85. The second kappa shape index (κ2) is 8.26. The van der Waals surface area contributed by atoms with Crippen molar-refractivity contribution in [1.82, 2.24) is 10.3 Å². The van der Waals surface area contributed by atoms with Crippen molar-refractivity contribution < 1.29 is 14.3 Å². The van der Waals surface area contributed by atoms with Gasteiger partial charge in [-0.25, -0.2) is 4.79 Å². The average molecular weight is 381 g/mol. The van der Waals surface area contributed by atoms with Gasteiger partial charge in [0, 0.05) is 49.4 Å². The number of hydrogen-bond acceptors (Lipinski definition) is 5. The average Bonchev–Trinajstić information content (AvgIpc) is 2.75. The molecule has 8 heteroatoms. The summed E-state index contributed by atoms with van der Waals surface area (Å²) in [5.74, 6) is -0.282. The minimum atomic E-state index is -0.282. The van der Waals surface area contributed by atoms with E-state index in [4.69, 9.17) is 4.74 Å². The molecular formula is C20H23N5O3. The Kier molecular flexibility index (Phi) is 5.38. The lowest BCUT2D eigenvalue weighted by molar-refractivity contribution is 0.102. The number of aromatic nitrogens is 1. The molecule has 1 aromatic heterocycles. The summed E-state index contributed by atoms with van der Waals surface area (Å²) in [6.45, 7) is 4.31. The van der Waals surface area contributed by atoms with E-state index < -0.39 is 0 Å². The standard InChI is InChI=1S/C20H23N5O3/c26-19(18-14-16(5-7-21-18)24-9-11-28-12-10-24)23-15-3-1-4-17(13-15)25-8-2-6-22-20(25)27/h1,3-5,7,13-14H,2,6,8-12H2,(H,22,27)(H,23,26). The van der Waals surface area contributed by atoms with Gasteiger partial charge < -0.3 is 20.3 Å². The van der Waals surface area contributed by atoms with Crippen molar-refractivity contribution in [2.24, 2.45) is 0 Å². The van der Waals surface area contributed by atoms with Crippen molar-refractivity contribution in [2.75, 3.05) is 54.5 Å². The summed E-state index contributed by atoms with van der Waals surface area (Å²) in [5, 5.41) is 5.71. The maximum atomic E-state index is 12.7. The van der Waals surface area contributed by atoms with Crippen LogP contribution in [0.25, 0.3) is 0 Å². The van der Waals surface area contributed by atoms with E-state index in [1.54, 1.807) is 29.3 Å². The Morgan fingerprint density at radius 2 is 1.96 bits per heavy atom. The van der Waals surface area contributed by atoms with Gasteiger partial charge in [-0.05, 0) is 36.8 Å². The maximum Gasteiger partial charge on any atom is 0.321 e. The van der Waals surface area contributed by atoms with Crippen molar-refractivity contribution in [3.63, 3.8) is 0 Å². The molecule has 8 nitrogen and oxygen atoms in total. The Morgan fingerprint density at radius 1 is 1.11 bits per heavy atom. The van der Waals surface area contributed by atoms with Crippen molar-refractivity contribution in [3.8, 4) is 0 Å². The summed E-state index contributed by atoms with van der Waals surface area (Å²) >= 11 is 0. The number of carbonyl (C=O) groups excluding carboxylic acids is 2. The van der Waals surface area contributed by atoms with Crippen LogP contribution < -0.4 is 20.4 Å². The number of nitrogens with one attached hydrogen (secondary N) is 2. The highest BCUT2D eigenvalue weighted by atomic mass is 16.5. The SMILES string of the molecule is O=C(Nc1cccc(N2CCCNC2=O)c1)c1cc(N2CCOCC2)ccn1. The number of nitrogens with zero attached hydrogens (tertiary/aromatic N) is 3. The summed E-state index contributed by atoms with van der Waals surface area (Å²) in [5.41, 5.74) is 2.69. The highest BCUT2D eigenvalue weighted by molar-refractivity contribution is 6.04. The molecule has 0 radical (unpaired) electrons. The van der Waals surface area contributed by atoms with Gasteiger partial charge in [-0.2, -0.15) is 0 Å². The summed E-state index contributed by atoms with van der Waals surface area (Å²) in [7, 11) is 0. The van der Waals surface area contributed by atoms with Gasteiger partial charge in [0.1, 0.15) is 5.69 Å². The van der Waals surface area contributed by atoms with Gasteiger partial charge in [-0.15, -0.1) is 0 Å². The van der Waals surface area contributed by atoms with Crippen LogP contribution in [-0.4, -0.2) is 56.3 Å². The van der Waals surface area contributed by atoms with Crippen LogP contribution in [0.1, 0.15) is 16.9 Å². The third-order valence-electron chi connectivity index (χ3n) is 4.85. The van der Waals surface area contributed by atoms with E-state index in [-0.39, 0.29) is 11.9 Å². The summed E-state index contributed by atoms with van der Waals surface area (Å²) in [6, 6.07) is 10.9. The molecule has 0 spiro atoms. The Hall–Kier alpha value is -3.13. The second-order valence-electron chi connectivity index (χ2n) is 6.74. The Morgan fingerprint density at radius 3 is 2.79 bits per heavy atom. The number of anilines is 3. The first kappa shape index (κ1) is 18.2. The van der Waals surface area contributed by atoms with E-state index in [0.717, 1.165) is 30.9 Å². The van der Waals surface area contributed by atoms with E-state index in [9.17, 15) is 9.59 Å². The molecule has 2 saturated heterocycles. The predicted octanol–water partition coefficient (Wildman–Crippen LogP) is 2.09. The predicted molar refractivity (Wildman–Crippen MR) is 107 cm³/mol. The zero-order valence-corrected chi connectivity index (χ0v) is 15.6. The van der Waals surface area contributed by atoms with Crippen molar-refractivity contribution >= 4 is 29.0 Å². The zero-order chi connectivity index (χ0) is 19.3. The van der Waals surface area contributed by atoms with Crippen LogP contribution in [0.5, 0.6) is 0 Å². The third kappa shape index (κ3) is 4.07. The molecule has 0 aliphatic carbocycles. The van der Waals surface area contributed by atoms with Crippen LogP contribution in [0.2, 0.25) is 0 Å². The molecule has 28 heavy (non-hydrogen) atoms. The molecule has 0 saturated carbocycles. The van der Waals surface area contributed by atoms with Crippen LogP contribution >= 0.6 is 0 Å². The number of rotatable bonds is 4. The lowest BCUT2D eigenvalue weighted by Gasteiger charge is -2.29. The van der Waals surface area contributed by atoms with Gasteiger partial charge in [0.2, 0.25) is 0 Å². The van der Waals surface area contributed by atoms with E-state index >= 15 is 0 Å². The first-order valence-electron chi connectivity index (χ1n) is 9.46. The van der Waals surface area contributed by atoms with Crippen LogP contribution in [0.3, 0.4) is 0 Å².